The molecule has 94 valence electrons. The average Bonchev–Trinajstić information content (AvgIpc) is 2.30. The van der Waals surface area contributed by atoms with E-state index in [0.717, 1.165) is 22.6 Å². The third-order valence-electron chi connectivity index (χ3n) is 2.58. The fourth-order valence-corrected chi connectivity index (χ4v) is 1.62. The lowest BCUT2D eigenvalue weighted by atomic mass is 9.99. The number of hydrogen-bond acceptors (Lipinski definition) is 3. The Balaban J connectivity index is 3.15. The molecule has 0 aliphatic rings. The molecule has 1 aromatic carbocycles. The van der Waals surface area contributed by atoms with Crippen LogP contribution in [0.3, 0.4) is 0 Å². The molecular weight excluding hydrogens is 218 g/mol. The molecule has 0 heterocycles. The molecule has 0 aromatic heterocycles. The Hall–Kier alpha value is -1.75. The number of carbonyl (C=O) groups is 1. The monoisotopic (exact) mass is 237 g/mol. The fraction of sp³-hybridized carbons (Fsp3) is 0.417. The van der Waals surface area contributed by atoms with Crippen LogP contribution < -0.4 is 21.3 Å². The van der Waals surface area contributed by atoms with Gasteiger partial charge in [0.05, 0.1) is 7.11 Å². The van der Waals surface area contributed by atoms with Gasteiger partial charge in [0.2, 0.25) is 0 Å². The molecule has 0 saturated carbocycles. The number of urea groups is 1. The summed E-state index contributed by atoms with van der Waals surface area (Å²) in [5.41, 5.74) is 4.74. The Kier molecular flexibility index (Phi) is 4.34. The van der Waals surface area contributed by atoms with Crippen LogP contribution in [-0.2, 0) is 0 Å². The normalized spacial score (nSPS) is 10.2. The van der Waals surface area contributed by atoms with Gasteiger partial charge in [-0.25, -0.2) is 10.6 Å². The zero-order valence-corrected chi connectivity index (χ0v) is 10.6. The summed E-state index contributed by atoms with van der Waals surface area (Å²) in [6, 6.07) is 3.38. The summed E-state index contributed by atoms with van der Waals surface area (Å²) in [5, 5.41) is 2.68. The van der Waals surface area contributed by atoms with Gasteiger partial charge in [0.25, 0.3) is 0 Å². The zero-order chi connectivity index (χ0) is 13.0. The minimum Gasteiger partial charge on any atom is -0.496 e. The van der Waals surface area contributed by atoms with E-state index in [1.807, 2.05) is 24.5 Å². The lowest BCUT2D eigenvalue weighted by Gasteiger charge is -2.16. The van der Waals surface area contributed by atoms with Gasteiger partial charge in [0, 0.05) is 5.69 Å². The molecule has 0 unspecified atom stereocenters. The summed E-state index contributed by atoms with van der Waals surface area (Å²) >= 11 is 0. The van der Waals surface area contributed by atoms with Gasteiger partial charge in [-0.3, -0.25) is 5.43 Å². The first-order valence-electron chi connectivity index (χ1n) is 5.45. The van der Waals surface area contributed by atoms with Gasteiger partial charge in [0.15, 0.2) is 0 Å². The van der Waals surface area contributed by atoms with E-state index in [1.165, 1.54) is 0 Å². The number of hydrogen-bond donors (Lipinski definition) is 3. The zero-order valence-electron chi connectivity index (χ0n) is 10.6. The van der Waals surface area contributed by atoms with Crippen LogP contribution in [0, 0.1) is 6.92 Å². The number of benzene rings is 1. The van der Waals surface area contributed by atoms with Crippen molar-refractivity contribution in [3.05, 3.63) is 23.3 Å². The summed E-state index contributed by atoms with van der Waals surface area (Å²) < 4.78 is 5.32. The molecule has 0 radical (unpaired) electrons. The molecule has 0 aliphatic heterocycles. The van der Waals surface area contributed by atoms with Crippen LogP contribution in [0.25, 0.3) is 0 Å². The number of hydrazine groups is 1. The van der Waals surface area contributed by atoms with Crippen LogP contribution >= 0.6 is 0 Å². The number of anilines is 1. The summed E-state index contributed by atoms with van der Waals surface area (Å²) in [4.78, 5) is 11.2. The molecule has 0 fully saturated rings. The Labute approximate surface area is 101 Å². The number of rotatable bonds is 3. The molecule has 4 N–H and O–H groups in total. The van der Waals surface area contributed by atoms with E-state index in [0.29, 0.717) is 5.92 Å². The second-order valence-electron chi connectivity index (χ2n) is 4.16. The molecule has 0 bridgehead atoms. The van der Waals surface area contributed by atoms with Crippen molar-refractivity contribution >= 4 is 11.7 Å². The average molecular weight is 237 g/mol. The van der Waals surface area contributed by atoms with Crippen LogP contribution in [0.4, 0.5) is 10.5 Å². The highest BCUT2D eigenvalue weighted by Gasteiger charge is 2.12. The van der Waals surface area contributed by atoms with Gasteiger partial charge < -0.3 is 10.1 Å². The van der Waals surface area contributed by atoms with Crippen LogP contribution in [0.1, 0.15) is 30.9 Å². The fourth-order valence-electron chi connectivity index (χ4n) is 1.62. The smallest absolute Gasteiger partial charge is 0.333 e. The topological polar surface area (TPSA) is 76.4 Å². The van der Waals surface area contributed by atoms with E-state index in [9.17, 15) is 4.79 Å². The standard InChI is InChI=1S/C12H19N3O2/c1-7(2)9-6-10(14-12(16)15-13)8(3)5-11(9)17-4/h5-7H,13H2,1-4H3,(H2,14,15,16). The highest BCUT2D eigenvalue weighted by atomic mass is 16.5. The van der Waals surface area contributed by atoms with Crippen molar-refractivity contribution in [3.8, 4) is 5.75 Å². The van der Waals surface area contributed by atoms with E-state index in [4.69, 9.17) is 10.6 Å². The quantitative estimate of drug-likeness (QED) is 0.428. The maximum Gasteiger partial charge on any atom is 0.333 e. The maximum atomic E-state index is 11.2. The molecule has 1 aromatic rings. The van der Waals surface area contributed by atoms with Gasteiger partial charge in [-0.15, -0.1) is 0 Å². The van der Waals surface area contributed by atoms with Crippen molar-refractivity contribution < 1.29 is 9.53 Å². The first kappa shape index (κ1) is 13.3. The van der Waals surface area contributed by atoms with Crippen molar-refractivity contribution in [2.75, 3.05) is 12.4 Å². The largest absolute Gasteiger partial charge is 0.496 e. The summed E-state index contributed by atoms with van der Waals surface area (Å²) in [6.45, 7) is 6.04. The van der Waals surface area contributed by atoms with E-state index >= 15 is 0 Å². The highest BCUT2D eigenvalue weighted by molar-refractivity contribution is 5.90. The second-order valence-corrected chi connectivity index (χ2v) is 4.16. The number of amides is 2. The Morgan fingerprint density at radius 2 is 2.06 bits per heavy atom. The molecular formula is C12H19N3O2. The molecule has 0 spiro atoms. The molecule has 17 heavy (non-hydrogen) atoms. The second kappa shape index (κ2) is 5.54. The minimum atomic E-state index is -0.437. The van der Waals surface area contributed by atoms with Gasteiger partial charge >= 0.3 is 6.03 Å². The van der Waals surface area contributed by atoms with Gasteiger partial charge in [0.1, 0.15) is 5.75 Å². The predicted molar refractivity (Wildman–Crippen MR) is 68.2 cm³/mol. The highest BCUT2D eigenvalue weighted by Crippen LogP contribution is 2.31. The van der Waals surface area contributed by atoms with E-state index in [-0.39, 0.29) is 0 Å². The lowest BCUT2D eigenvalue weighted by molar-refractivity contribution is 0.252. The Morgan fingerprint density at radius 1 is 1.41 bits per heavy atom. The number of nitrogens with one attached hydrogen (secondary N) is 2. The van der Waals surface area contributed by atoms with Crippen molar-refractivity contribution in [3.63, 3.8) is 0 Å². The third-order valence-corrected chi connectivity index (χ3v) is 2.58. The summed E-state index contributed by atoms with van der Waals surface area (Å²) in [7, 11) is 1.64. The van der Waals surface area contributed by atoms with Crippen LogP contribution in [0.15, 0.2) is 12.1 Å². The molecule has 1 rings (SSSR count). The SMILES string of the molecule is COc1cc(C)c(NC(=O)NN)cc1C(C)C. The maximum absolute atomic E-state index is 11.2. The van der Waals surface area contributed by atoms with Crippen molar-refractivity contribution in [1.29, 1.82) is 0 Å². The minimum absolute atomic E-state index is 0.312. The summed E-state index contributed by atoms with van der Waals surface area (Å²) in [6.07, 6.45) is 0. The molecule has 0 atom stereocenters. The van der Waals surface area contributed by atoms with Crippen molar-refractivity contribution in [2.45, 2.75) is 26.7 Å². The number of carbonyl (C=O) groups excluding carboxylic acids is 1. The van der Waals surface area contributed by atoms with Crippen molar-refractivity contribution in [1.82, 2.24) is 5.43 Å². The molecule has 0 aliphatic carbocycles. The number of nitrogens with two attached hydrogens (primary N) is 1. The number of ether oxygens (including phenoxy) is 1. The molecule has 5 nitrogen and oxygen atoms in total. The van der Waals surface area contributed by atoms with Gasteiger partial charge in [-0.2, -0.15) is 0 Å². The van der Waals surface area contributed by atoms with Crippen LogP contribution in [0.2, 0.25) is 0 Å². The molecule has 0 saturated heterocycles. The van der Waals surface area contributed by atoms with Gasteiger partial charge in [-0.05, 0) is 36.1 Å². The predicted octanol–water partition coefficient (Wildman–Crippen LogP) is 2.12. The van der Waals surface area contributed by atoms with E-state index in [2.05, 4.69) is 19.2 Å². The third kappa shape index (κ3) is 3.10. The molecule has 5 heteroatoms. The van der Waals surface area contributed by atoms with Crippen molar-refractivity contribution in [2.24, 2.45) is 5.84 Å². The van der Waals surface area contributed by atoms with Crippen LogP contribution in [0.5, 0.6) is 5.75 Å². The van der Waals surface area contributed by atoms with E-state index in [1.54, 1.807) is 7.11 Å². The first-order valence-corrected chi connectivity index (χ1v) is 5.45. The first-order chi connectivity index (χ1) is 7.99. The number of methoxy groups -OCH3 is 1. The Morgan fingerprint density at radius 3 is 2.53 bits per heavy atom. The Bertz CT molecular complexity index is 416. The molecule has 2 amide bonds. The number of aryl methyl sites for hydroxylation is 1. The lowest BCUT2D eigenvalue weighted by Crippen LogP contribution is -2.34. The van der Waals surface area contributed by atoms with Crippen LogP contribution in [-0.4, -0.2) is 13.1 Å². The van der Waals surface area contributed by atoms with E-state index < -0.39 is 6.03 Å². The summed E-state index contributed by atoms with van der Waals surface area (Å²) in [5.74, 6) is 6.18. The van der Waals surface area contributed by atoms with Gasteiger partial charge in [-0.1, -0.05) is 13.8 Å².